The monoisotopic (exact) mass is 762 g/mol. The predicted molar refractivity (Wildman–Crippen MR) is 184 cm³/mol. The Hall–Kier alpha value is -4.88. The van der Waals surface area contributed by atoms with Crippen molar-refractivity contribution >= 4 is 66.9 Å². The second-order valence-electron chi connectivity index (χ2n) is 9.25. The lowest BCUT2D eigenvalue weighted by molar-refractivity contribution is 0.0588. The average molecular weight is 764 g/mol. The molecule has 0 amide bonds. The zero-order valence-corrected chi connectivity index (χ0v) is 27.6. The van der Waals surface area contributed by atoms with Crippen LogP contribution < -0.4 is 5.73 Å². The fourth-order valence-electron chi connectivity index (χ4n) is 3.81. The maximum absolute atomic E-state index is 11.6. The highest BCUT2D eigenvalue weighted by Gasteiger charge is 2.18. The van der Waals surface area contributed by atoms with Crippen LogP contribution in [0.2, 0.25) is 0 Å². The summed E-state index contributed by atoms with van der Waals surface area (Å²) in [7, 11) is 2.44. The first kappa shape index (κ1) is 35.6. The summed E-state index contributed by atoms with van der Waals surface area (Å²) in [6.07, 6.45) is 0.861. The number of benzene rings is 4. The zero-order chi connectivity index (χ0) is 35.4. The van der Waals surface area contributed by atoms with Crippen molar-refractivity contribution in [3.63, 3.8) is 0 Å². The van der Waals surface area contributed by atoms with Gasteiger partial charge >= 0.3 is 11.9 Å². The number of phenols is 3. The lowest BCUT2D eigenvalue weighted by Gasteiger charge is -2.04. The maximum Gasteiger partial charge on any atom is 0.341 e. The van der Waals surface area contributed by atoms with Gasteiger partial charge in [-0.2, -0.15) is 0 Å². The van der Waals surface area contributed by atoms with Gasteiger partial charge in [0.25, 0.3) is 0 Å². The number of carbonyl (C=O) groups is 3. The summed E-state index contributed by atoms with van der Waals surface area (Å²) in [5, 5.41) is 28.1. The van der Waals surface area contributed by atoms with E-state index in [-0.39, 0.29) is 41.5 Å². The molecule has 46 heavy (non-hydrogen) atoms. The number of hydrogen-bond acceptors (Lipinski definition) is 11. The molecular formula is C33H34Br2N2O9. The molecule has 13 heteroatoms. The highest BCUT2D eigenvalue weighted by atomic mass is 79.9. The molecule has 1 heterocycles. The molecule has 0 saturated heterocycles. The topological polar surface area (TPSA) is 182 Å². The van der Waals surface area contributed by atoms with Gasteiger partial charge in [-0.25, -0.2) is 14.6 Å². The van der Waals surface area contributed by atoms with Gasteiger partial charge in [0.1, 0.15) is 40.2 Å². The van der Waals surface area contributed by atoms with Crippen LogP contribution in [0.3, 0.4) is 0 Å². The number of hydrogen-bond donors (Lipinski definition) is 4. The van der Waals surface area contributed by atoms with E-state index in [1.54, 1.807) is 6.07 Å². The van der Waals surface area contributed by atoms with Gasteiger partial charge in [0.05, 0.1) is 19.9 Å². The molecule has 5 N–H and O–H groups in total. The number of aromatic nitrogens is 1. The second kappa shape index (κ2) is 16.4. The van der Waals surface area contributed by atoms with Gasteiger partial charge in [0.15, 0.2) is 5.58 Å². The van der Waals surface area contributed by atoms with Gasteiger partial charge in [-0.1, -0.05) is 57.5 Å². The largest absolute Gasteiger partial charge is 0.507 e. The first-order chi connectivity index (χ1) is 22.3. The Kier molecular flexibility index (Phi) is 12.7. The molecule has 1 aromatic heterocycles. The van der Waals surface area contributed by atoms with E-state index in [1.165, 1.54) is 26.4 Å². The lowest BCUT2D eigenvalue weighted by atomic mass is 10.1. The van der Waals surface area contributed by atoms with Gasteiger partial charge < -0.3 is 34.9 Å². The van der Waals surface area contributed by atoms with E-state index in [0.29, 0.717) is 17.0 Å². The minimum Gasteiger partial charge on any atom is -0.507 e. The highest BCUT2D eigenvalue weighted by Crippen LogP contribution is 2.33. The van der Waals surface area contributed by atoms with Gasteiger partial charge in [0.2, 0.25) is 5.89 Å². The second-order valence-corrected chi connectivity index (χ2v) is 11.0. The fraction of sp³-hybridized carbons (Fsp3) is 0.152. The minimum atomic E-state index is -0.704. The van der Waals surface area contributed by atoms with Crippen LogP contribution in [0.5, 0.6) is 17.2 Å². The molecule has 0 unspecified atom stereocenters. The fourth-order valence-corrected chi connectivity index (χ4v) is 4.56. The zero-order valence-electron chi connectivity index (χ0n) is 26.4. The number of aldehydes is 1. The molecule has 5 aromatic rings. The van der Waals surface area contributed by atoms with Crippen molar-refractivity contribution < 1.29 is 46.6 Å². The quantitative estimate of drug-likeness (QED) is 0.0458. The molecule has 0 saturated carbocycles. The molecule has 11 nitrogen and oxygen atoms in total. The molecule has 4 aromatic carbocycles. The summed E-state index contributed by atoms with van der Waals surface area (Å²) in [4.78, 5) is 37.3. The standard InChI is InChI=1S/C16H12BrNO4.C8H7BrO.C8H9NO4.CH4.H2/c1-8-9(4-3-5-11(8)17)15-18-12-6-10(16(20)21-2)13(19)7-14(12)22-15;1-6-7(5-10)3-2-4-8(6)9;1-13-8(12)4-2-5(9)7(11)3-6(4)10;;/h3-7,19H,1-2H3;2-5H,1H3;2-3,10-11H,9H2,1H3;1H4;1H/i;;;;1+1D. The summed E-state index contributed by atoms with van der Waals surface area (Å²) in [5.74, 6) is -1.74. The van der Waals surface area contributed by atoms with Crippen molar-refractivity contribution in [1.29, 1.82) is 0 Å². The van der Waals surface area contributed by atoms with E-state index in [2.05, 4.69) is 46.3 Å². The molecule has 0 spiro atoms. The number of nitrogens with two attached hydrogens (primary N) is 1. The molecule has 0 aliphatic carbocycles. The third kappa shape index (κ3) is 8.64. The molecule has 0 atom stereocenters. The van der Waals surface area contributed by atoms with E-state index < -0.39 is 11.9 Å². The van der Waals surface area contributed by atoms with Crippen LogP contribution in [0.1, 0.15) is 52.6 Å². The van der Waals surface area contributed by atoms with Crippen LogP contribution >= 0.6 is 31.9 Å². The van der Waals surface area contributed by atoms with Gasteiger partial charge in [-0.15, -0.1) is 0 Å². The van der Waals surface area contributed by atoms with Gasteiger partial charge in [-0.3, -0.25) is 4.79 Å². The number of halogens is 2. The number of fused-ring (bicyclic) bond motifs is 1. The molecule has 0 fully saturated rings. The molecule has 244 valence electrons. The van der Waals surface area contributed by atoms with Crippen molar-refractivity contribution in [2.24, 2.45) is 0 Å². The van der Waals surface area contributed by atoms with Crippen LogP contribution in [0.4, 0.5) is 5.69 Å². The summed E-state index contributed by atoms with van der Waals surface area (Å²) in [5.41, 5.74) is 9.76. The average Bonchev–Trinajstić information content (AvgIpc) is 3.48. The summed E-state index contributed by atoms with van der Waals surface area (Å²) >= 11 is 6.80. The van der Waals surface area contributed by atoms with Crippen molar-refractivity contribution in [3.8, 4) is 28.7 Å². The van der Waals surface area contributed by atoms with Crippen LogP contribution in [0.25, 0.3) is 22.6 Å². The van der Waals surface area contributed by atoms with Crippen LogP contribution in [-0.4, -0.2) is 52.7 Å². The predicted octanol–water partition coefficient (Wildman–Crippen LogP) is 7.98. The Labute approximate surface area is 284 Å². The minimum absolute atomic E-state index is 0. The molecule has 0 radical (unpaired) electrons. The SMILES string of the molecule is C.COC(=O)c1cc(N)c(O)cc1O.COC(=O)c1cc2nc(-c3cccc(Br)c3C)oc2cc1O.Cc1c(Br)cccc1C=O.[2H][2H]. The number of phenolic OH excluding ortho intramolecular Hbond substituents is 3. The number of oxazole rings is 1. The van der Waals surface area contributed by atoms with E-state index in [4.69, 9.17) is 18.2 Å². The molecule has 0 aliphatic rings. The summed E-state index contributed by atoms with van der Waals surface area (Å²) in [6.45, 7) is 3.86. The Bertz CT molecular complexity index is 1900. The summed E-state index contributed by atoms with van der Waals surface area (Å²) < 4.78 is 26.6. The smallest absolute Gasteiger partial charge is 0.341 e. The number of nitrogen functional groups attached to an aromatic ring is 1. The van der Waals surface area contributed by atoms with Crippen LogP contribution in [-0.2, 0) is 9.47 Å². The number of esters is 2. The Morgan fingerprint density at radius 2 is 1.41 bits per heavy atom. The lowest BCUT2D eigenvalue weighted by Crippen LogP contribution is -2.02. The van der Waals surface area contributed by atoms with Crippen LogP contribution in [0.15, 0.2) is 74.0 Å². The number of carbonyl (C=O) groups excluding carboxylic acids is 3. The summed E-state index contributed by atoms with van der Waals surface area (Å²) in [6, 6.07) is 16.2. The third-order valence-corrected chi connectivity index (χ3v) is 8.11. The Morgan fingerprint density at radius 1 is 0.870 bits per heavy atom. The third-order valence-electron chi connectivity index (χ3n) is 6.40. The molecule has 0 bridgehead atoms. The van der Waals surface area contributed by atoms with E-state index in [1.807, 2.05) is 44.2 Å². The van der Waals surface area contributed by atoms with Crippen molar-refractivity contribution in [3.05, 3.63) is 97.4 Å². The number of rotatable bonds is 4. The molecule has 5 rings (SSSR count). The Balaban J connectivity index is 0.000000379. The molecule has 0 aliphatic heterocycles. The van der Waals surface area contributed by atoms with E-state index in [0.717, 1.165) is 49.6 Å². The number of anilines is 1. The van der Waals surface area contributed by atoms with Crippen molar-refractivity contribution in [2.45, 2.75) is 21.3 Å². The normalized spacial score (nSPS) is 10.1. The highest BCUT2D eigenvalue weighted by molar-refractivity contribution is 9.10. The first-order valence-corrected chi connectivity index (χ1v) is 14.5. The number of methoxy groups -OCH3 is 2. The first-order valence-electron chi connectivity index (χ1n) is 13.9. The molecular weight excluding hydrogens is 728 g/mol. The number of nitrogens with zero attached hydrogens (tertiary/aromatic N) is 1. The maximum atomic E-state index is 11.6. The number of ether oxygens (including phenoxy) is 2. The van der Waals surface area contributed by atoms with Gasteiger partial charge in [0, 0.05) is 35.2 Å². The van der Waals surface area contributed by atoms with Crippen LogP contribution in [0, 0.1) is 13.8 Å². The van der Waals surface area contributed by atoms with E-state index >= 15 is 0 Å². The van der Waals surface area contributed by atoms with Crippen molar-refractivity contribution in [1.82, 2.24) is 4.98 Å². The number of aromatic hydroxyl groups is 3. The Morgan fingerprint density at radius 3 is 1.98 bits per heavy atom. The van der Waals surface area contributed by atoms with Gasteiger partial charge in [-0.05, 0) is 55.3 Å². The van der Waals surface area contributed by atoms with E-state index in [9.17, 15) is 24.6 Å². The van der Waals surface area contributed by atoms with Crippen molar-refractivity contribution in [2.75, 3.05) is 20.0 Å².